The lowest BCUT2D eigenvalue weighted by Crippen LogP contribution is -2.18. The molecule has 21 heavy (non-hydrogen) atoms. The van der Waals surface area contributed by atoms with Crippen molar-refractivity contribution in [1.29, 1.82) is 0 Å². The largest absolute Gasteiger partial charge is 0.397 e. The fraction of sp³-hybridized carbons (Fsp3) is 0.0714. The molecule has 2 amide bonds. The number of rotatable bonds is 3. The first-order valence-electron chi connectivity index (χ1n) is 6.02. The lowest BCUT2D eigenvalue weighted by molar-refractivity contribution is 0.0995. The van der Waals surface area contributed by atoms with Gasteiger partial charge in [0.05, 0.1) is 5.69 Å². The summed E-state index contributed by atoms with van der Waals surface area (Å²) in [5, 5.41) is 2.47. The number of hydrogen-bond acceptors (Lipinski definition) is 4. The lowest BCUT2D eigenvalue weighted by Gasteiger charge is -2.11. The lowest BCUT2D eigenvalue weighted by atomic mass is 10.1. The highest BCUT2D eigenvalue weighted by Crippen LogP contribution is 2.21. The number of nitrogens with zero attached hydrogens (tertiary/aromatic N) is 1. The molecule has 0 unspecified atom stereocenters. The molecule has 5 N–H and O–H groups in total. The summed E-state index contributed by atoms with van der Waals surface area (Å²) < 4.78 is 13.7. The first-order valence-corrected chi connectivity index (χ1v) is 6.02. The number of amides is 2. The Morgan fingerprint density at radius 2 is 2.05 bits per heavy atom. The van der Waals surface area contributed by atoms with Gasteiger partial charge in [-0.25, -0.2) is 9.37 Å². The van der Waals surface area contributed by atoms with Crippen molar-refractivity contribution in [3.05, 3.63) is 53.1 Å². The molecule has 108 valence electrons. The molecule has 0 aliphatic rings. The monoisotopic (exact) mass is 288 g/mol. The van der Waals surface area contributed by atoms with Crippen molar-refractivity contribution in [2.45, 2.75) is 6.92 Å². The molecule has 1 aromatic carbocycles. The molecule has 0 aliphatic heterocycles. The van der Waals surface area contributed by atoms with Crippen molar-refractivity contribution in [2.24, 2.45) is 5.73 Å². The van der Waals surface area contributed by atoms with Crippen molar-refractivity contribution in [3.8, 4) is 0 Å². The molecule has 0 saturated heterocycles. The van der Waals surface area contributed by atoms with Crippen LogP contribution in [0.5, 0.6) is 0 Å². The van der Waals surface area contributed by atoms with Gasteiger partial charge in [-0.3, -0.25) is 9.59 Å². The highest BCUT2D eigenvalue weighted by Gasteiger charge is 2.15. The van der Waals surface area contributed by atoms with E-state index in [1.807, 2.05) is 0 Å². The number of benzene rings is 1. The Morgan fingerprint density at radius 1 is 1.33 bits per heavy atom. The van der Waals surface area contributed by atoms with Crippen LogP contribution in [0.2, 0.25) is 0 Å². The Morgan fingerprint density at radius 3 is 2.67 bits per heavy atom. The normalized spacial score (nSPS) is 10.2. The number of nitrogens with one attached hydrogen (secondary N) is 1. The Balaban J connectivity index is 2.38. The van der Waals surface area contributed by atoms with Crippen LogP contribution in [0.15, 0.2) is 30.5 Å². The van der Waals surface area contributed by atoms with Gasteiger partial charge >= 0.3 is 0 Å². The second kappa shape index (κ2) is 5.58. The van der Waals surface area contributed by atoms with E-state index in [9.17, 15) is 14.0 Å². The van der Waals surface area contributed by atoms with E-state index in [0.717, 1.165) is 6.07 Å². The number of nitrogen functional groups attached to an aromatic ring is 1. The molecule has 0 radical (unpaired) electrons. The molecule has 0 atom stereocenters. The summed E-state index contributed by atoms with van der Waals surface area (Å²) in [5.74, 6) is -2.03. The van der Waals surface area contributed by atoms with Gasteiger partial charge < -0.3 is 16.8 Å². The third-order valence-corrected chi connectivity index (χ3v) is 2.93. The van der Waals surface area contributed by atoms with Crippen molar-refractivity contribution in [1.82, 2.24) is 4.98 Å². The molecule has 0 bridgehead atoms. The Kier molecular flexibility index (Phi) is 3.84. The molecule has 1 aromatic heterocycles. The molecular weight excluding hydrogens is 275 g/mol. The third kappa shape index (κ3) is 2.97. The maximum atomic E-state index is 13.7. The second-order valence-corrected chi connectivity index (χ2v) is 4.39. The topological polar surface area (TPSA) is 111 Å². The van der Waals surface area contributed by atoms with Crippen LogP contribution in [0.3, 0.4) is 0 Å². The zero-order valence-electron chi connectivity index (χ0n) is 11.2. The minimum Gasteiger partial charge on any atom is -0.397 e. The van der Waals surface area contributed by atoms with E-state index in [0.29, 0.717) is 0 Å². The van der Waals surface area contributed by atoms with E-state index in [-0.39, 0.29) is 28.2 Å². The SMILES string of the molecule is Cc1c(F)cc(C(N)=O)cc1NC(=O)c1ncccc1N. The van der Waals surface area contributed by atoms with Crippen molar-refractivity contribution in [3.63, 3.8) is 0 Å². The van der Waals surface area contributed by atoms with E-state index in [1.54, 1.807) is 6.07 Å². The summed E-state index contributed by atoms with van der Waals surface area (Å²) in [7, 11) is 0. The zero-order chi connectivity index (χ0) is 15.6. The number of aromatic nitrogens is 1. The summed E-state index contributed by atoms with van der Waals surface area (Å²) in [4.78, 5) is 27.1. The number of pyridine rings is 1. The fourth-order valence-corrected chi connectivity index (χ4v) is 1.74. The van der Waals surface area contributed by atoms with Gasteiger partial charge in [-0.05, 0) is 31.2 Å². The van der Waals surface area contributed by atoms with Crippen LogP contribution < -0.4 is 16.8 Å². The highest BCUT2D eigenvalue weighted by atomic mass is 19.1. The standard InChI is InChI=1S/C14H13FN4O2/c1-7-9(15)5-8(13(17)20)6-11(7)19-14(21)12-10(16)3-2-4-18-12/h2-6H,16H2,1H3,(H2,17,20)(H,19,21). The van der Waals surface area contributed by atoms with Crippen molar-refractivity contribution < 1.29 is 14.0 Å². The average Bonchev–Trinajstić information content (AvgIpc) is 2.43. The summed E-state index contributed by atoms with van der Waals surface area (Å²) in [6, 6.07) is 5.43. The quantitative estimate of drug-likeness (QED) is 0.793. The summed E-state index contributed by atoms with van der Waals surface area (Å²) in [5.41, 5.74) is 11.3. The van der Waals surface area contributed by atoms with Crippen LogP contribution in [0.1, 0.15) is 26.4 Å². The number of halogens is 1. The maximum absolute atomic E-state index is 13.7. The molecule has 0 aliphatic carbocycles. The molecule has 7 heteroatoms. The maximum Gasteiger partial charge on any atom is 0.276 e. The van der Waals surface area contributed by atoms with Gasteiger partial charge in [0.1, 0.15) is 5.82 Å². The predicted molar refractivity (Wildman–Crippen MR) is 76.3 cm³/mol. The van der Waals surface area contributed by atoms with Gasteiger partial charge in [-0.15, -0.1) is 0 Å². The van der Waals surface area contributed by atoms with E-state index in [4.69, 9.17) is 11.5 Å². The molecule has 2 aromatic rings. The molecule has 2 rings (SSSR count). The first-order chi connectivity index (χ1) is 9.90. The van der Waals surface area contributed by atoms with Crippen LogP contribution in [-0.4, -0.2) is 16.8 Å². The van der Waals surface area contributed by atoms with E-state index >= 15 is 0 Å². The Bertz CT molecular complexity index is 731. The van der Waals surface area contributed by atoms with Gasteiger partial charge in [0, 0.05) is 23.0 Å². The number of hydrogen-bond donors (Lipinski definition) is 3. The highest BCUT2D eigenvalue weighted by molar-refractivity contribution is 6.07. The molecule has 6 nitrogen and oxygen atoms in total. The van der Waals surface area contributed by atoms with Gasteiger partial charge in [-0.2, -0.15) is 0 Å². The van der Waals surface area contributed by atoms with E-state index < -0.39 is 17.6 Å². The van der Waals surface area contributed by atoms with Crippen molar-refractivity contribution in [2.75, 3.05) is 11.1 Å². The smallest absolute Gasteiger partial charge is 0.276 e. The molecular formula is C14H13FN4O2. The molecule has 0 fully saturated rings. The van der Waals surface area contributed by atoms with Gasteiger partial charge in [0.2, 0.25) is 5.91 Å². The summed E-state index contributed by atoms with van der Waals surface area (Å²) >= 11 is 0. The van der Waals surface area contributed by atoms with Crippen LogP contribution in [-0.2, 0) is 0 Å². The minimum atomic E-state index is -0.790. The Hall–Kier alpha value is -2.96. The number of nitrogens with two attached hydrogens (primary N) is 2. The van der Waals surface area contributed by atoms with Crippen LogP contribution in [0.25, 0.3) is 0 Å². The number of primary amides is 1. The number of carbonyl (C=O) groups excluding carboxylic acids is 2. The summed E-state index contributed by atoms with van der Waals surface area (Å²) in [6.45, 7) is 1.47. The van der Waals surface area contributed by atoms with Crippen LogP contribution in [0.4, 0.5) is 15.8 Å². The molecule has 0 saturated carbocycles. The van der Waals surface area contributed by atoms with Gasteiger partial charge in [-0.1, -0.05) is 0 Å². The fourth-order valence-electron chi connectivity index (χ4n) is 1.74. The minimum absolute atomic E-state index is 0.0155. The zero-order valence-corrected chi connectivity index (χ0v) is 11.2. The molecule has 1 heterocycles. The van der Waals surface area contributed by atoms with Gasteiger partial charge in [0.15, 0.2) is 5.69 Å². The summed E-state index contributed by atoms with van der Waals surface area (Å²) in [6.07, 6.45) is 1.42. The first kappa shape index (κ1) is 14.4. The van der Waals surface area contributed by atoms with Crippen molar-refractivity contribution >= 4 is 23.2 Å². The number of anilines is 2. The number of carbonyl (C=O) groups is 2. The predicted octanol–water partition coefficient (Wildman–Crippen LogP) is 1.46. The van der Waals surface area contributed by atoms with Crippen LogP contribution >= 0.6 is 0 Å². The molecule has 0 spiro atoms. The second-order valence-electron chi connectivity index (χ2n) is 4.39. The van der Waals surface area contributed by atoms with Crippen LogP contribution in [0, 0.1) is 12.7 Å². The Labute approximate surface area is 120 Å². The third-order valence-electron chi connectivity index (χ3n) is 2.93. The van der Waals surface area contributed by atoms with Gasteiger partial charge in [0.25, 0.3) is 5.91 Å². The average molecular weight is 288 g/mol. The van der Waals surface area contributed by atoms with E-state index in [2.05, 4.69) is 10.3 Å². The van der Waals surface area contributed by atoms with E-state index in [1.165, 1.54) is 25.3 Å².